The van der Waals surface area contributed by atoms with E-state index in [1.54, 1.807) is 24.3 Å². The zero-order chi connectivity index (χ0) is 18.7. The van der Waals surface area contributed by atoms with Gasteiger partial charge in [-0.1, -0.05) is 12.1 Å². The van der Waals surface area contributed by atoms with Crippen LogP contribution in [0.2, 0.25) is 0 Å². The molecule has 0 aliphatic carbocycles. The molecule has 0 unspecified atom stereocenters. The lowest BCUT2D eigenvalue weighted by molar-refractivity contribution is -0.137. The molecule has 0 amide bonds. The summed E-state index contributed by atoms with van der Waals surface area (Å²) in [5.41, 5.74) is -0.163. The van der Waals surface area contributed by atoms with Gasteiger partial charge in [0.1, 0.15) is 5.75 Å². The van der Waals surface area contributed by atoms with Gasteiger partial charge in [-0.25, -0.2) is 0 Å². The second kappa shape index (κ2) is 6.87. The standard InChI is InChI=1S/C17H13F3N4O2/c1-26-13-5-3-2-4-12(13)14-15(16(25)24-22-14)23-21-11-8-6-10(7-9-11)17(18,19)20/h2-9H,1H3,(H2,22,24,25). The van der Waals surface area contributed by atoms with Gasteiger partial charge in [0.25, 0.3) is 5.56 Å². The number of aromatic amines is 2. The lowest BCUT2D eigenvalue weighted by Crippen LogP contribution is -2.03. The minimum atomic E-state index is -4.43. The van der Waals surface area contributed by atoms with Gasteiger partial charge in [0, 0.05) is 5.56 Å². The van der Waals surface area contributed by atoms with E-state index in [0.717, 1.165) is 12.1 Å². The molecule has 0 aliphatic heterocycles. The van der Waals surface area contributed by atoms with Crippen molar-refractivity contribution < 1.29 is 17.9 Å². The monoisotopic (exact) mass is 362 g/mol. The van der Waals surface area contributed by atoms with E-state index in [2.05, 4.69) is 20.4 Å². The number of ether oxygens (including phenoxy) is 1. The number of aromatic nitrogens is 2. The highest BCUT2D eigenvalue weighted by atomic mass is 19.4. The van der Waals surface area contributed by atoms with Crippen LogP contribution in [0.3, 0.4) is 0 Å². The summed E-state index contributed by atoms with van der Waals surface area (Å²) in [6, 6.07) is 11.1. The quantitative estimate of drug-likeness (QED) is 0.653. The van der Waals surface area contributed by atoms with Crippen LogP contribution in [0.1, 0.15) is 5.56 Å². The van der Waals surface area contributed by atoms with Crippen LogP contribution in [0.25, 0.3) is 11.3 Å². The van der Waals surface area contributed by atoms with Crippen molar-refractivity contribution >= 4 is 11.4 Å². The zero-order valence-corrected chi connectivity index (χ0v) is 13.5. The van der Waals surface area contributed by atoms with Crippen molar-refractivity contribution in [1.29, 1.82) is 0 Å². The molecule has 0 aliphatic rings. The molecular formula is C17H13F3N4O2. The Balaban J connectivity index is 1.95. The van der Waals surface area contributed by atoms with E-state index < -0.39 is 17.3 Å². The van der Waals surface area contributed by atoms with Gasteiger partial charge in [0.15, 0.2) is 5.69 Å². The van der Waals surface area contributed by atoms with Gasteiger partial charge < -0.3 is 4.74 Å². The molecule has 26 heavy (non-hydrogen) atoms. The number of azo groups is 1. The molecule has 0 saturated heterocycles. The lowest BCUT2D eigenvalue weighted by atomic mass is 10.1. The fourth-order valence-electron chi connectivity index (χ4n) is 2.32. The van der Waals surface area contributed by atoms with Crippen LogP contribution in [0.15, 0.2) is 63.6 Å². The number of hydrogen-bond donors (Lipinski definition) is 2. The molecule has 0 saturated carbocycles. The second-order valence-corrected chi connectivity index (χ2v) is 5.25. The molecule has 0 bridgehead atoms. The van der Waals surface area contributed by atoms with E-state index in [9.17, 15) is 18.0 Å². The number of para-hydroxylation sites is 1. The van der Waals surface area contributed by atoms with Gasteiger partial charge in [-0.2, -0.15) is 18.3 Å². The first-order valence-electron chi connectivity index (χ1n) is 7.43. The van der Waals surface area contributed by atoms with E-state index in [1.165, 1.54) is 19.2 Å². The van der Waals surface area contributed by atoms with E-state index in [1.807, 2.05) is 0 Å². The third kappa shape index (κ3) is 3.51. The third-order valence-electron chi connectivity index (χ3n) is 3.59. The molecule has 134 valence electrons. The molecule has 3 rings (SSSR count). The van der Waals surface area contributed by atoms with Crippen LogP contribution < -0.4 is 10.3 Å². The number of halogens is 3. The SMILES string of the molecule is COc1ccccc1-c1[nH][nH]c(=O)c1N=Nc1ccc(C(F)(F)F)cc1. The number of benzene rings is 2. The van der Waals surface area contributed by atoms with E-state index >= 15 is 0 Å². The summed E-state index contributed by atoms with van der Waals surface area (Å²) in [7, 11) is 1.49. The Bertz CT molecular complexity index is 988. The first-order chi connectivity index (χ1) is 12.4. The maximum absolute atomic E-state index is 12.6. The van der Waals surface area contributed by atoms with Crippen LogP contribution in [-0.4, -0.2) is 17.3 Å². The molecule has 1 heterocycles. The van der Waals surface area contributed by atoms with Gasteiger partial charge in [0.2, 0.25) is 0 Å². The predicted octanol–water partition coefficient (Wildman–Crippen LogP) is 4.81. The molecule has 0 radical (unpaired) electrons. The topological polar surface area (TPSA) is 82.6 Å². The fraction of sp³-hybridized carbons (Fsp3) is 0.118. The van der Waals surface area contributed by atoms with Crippen molar-refractivity contribution in [2.75, 3.05) is 7.11 Å². The number of methoxy groups -OCH3 is 1. The Hall–Kier alpha value is -3.36. The Morgan fingerprint density at radius 1 is 0.962 bits per heavy atom. The largest absolute Gasteiger partial charge is 0.496 e. The van der Waals surface area contributed by atoms with Gasteiger partial charge in [-0.15, -0.1) is 5.11 Å². The number of nitrogens with one attached hydrogen (secondary N) is 2. The van der Waals surface area contributed by atoms with E-state index in [-0.39, 0.29) is 11.4 Å². The third-order valence-corrected chi connectivity index (χ3v) is 3.59. The maximum atomic E-state index is 12.6. The summed E-state index contributed by atoms with van der Waals surface area (Å²) >= 11 is 0. The highest BCUT2D eigenvalue weighted by Gasteiger charge is 2.29. The minimum absolute atomic E-state index is 0.00519. The van der Waals surface area contributed by atoms with Gasteiger partial charge in [-0.3, -0.25) is 15.0 Å². The van der Waals surface area contributed by atoms with Crippen molar-refractivity contribution in [2.45, 2.75) is 6.18 Å². The second-order valence-electron chi connectivity index (χ2n) is 5.25. The highest BCUT2D eigenvalue weighted by Crippen LogP contribution is 2.34. The summed E-state index contributed by atoms with van der Waals surface area (Å²) in [5.74, 6) is 0.522. The molecular weight excluding hydrogens is 349 g/mol. The Morgan fingerprint density at radius 3 is 2.31 bits per heavy atom. The van der Waals surface area contributed by atoms with Crippen molar-refractivity contribution in [3.63, 3.8) is 0 Å². The smallest absolute Gasteiger partial charge is 0.416 e. The van der Waals surface area contributed by atoms with Crippen LogP contribution >= 0.6 is 0 Å². The summed E-state index contributed by atoms with van der Waals surface area (Å²) in [6.45, 7) is 0. The number of rotatable bonds is 4. The average molecular weight is 362 g/mol. The number of H-pyrrole nitrogens is 2. The molecule has 2 aromatic carbocycles. The van der Waals surface area contributed by atoms with Crippen LogP contribution in [0.4, 0.5) is 24.5 Å². The molecule has 0 spiro atoms. The lowest BCUT2D eigenvalue weighted by Gasteiger charge is -2.06. The molecule has 6 nitrogen and oxygen atoms in total. The fourth-order valence-corrected chi connectivity index (χ4v) is 2.32. The van der Waals surface area contributed by atoms with E-state index in [0.29, 0.717) is 17.0 Å². The molecule has 9 heteroatoms. The van der Waals surface area contributed by atoms with Gasteiger partial charge >= 0.3 is 6.18 Å². The molecule has 0 fully saturated rings. The summed E-state index contributed by atoms with van der Waals surface area (Å²) < 4.78 is 43.0. The number of hydrogen-bond acceptors (Lipinski definition) is 4. The average Bonchev–Trinajstić information content (AvgIpc) is 3.00. The number of nitrogens with zero attached hydrogens (tertiary/aromatic N) is 2. The Morgan fingerprint density at radius 2 is 1.65 bits per heavy atom. The van der Waals surface area contributed by atoms with Crippen LogP contribution in [0.5, 0.6) is 5.75 Å². The molecule has 3 aromatic rings. The maximum Gasteiger partial charge on any atom is 0.416 e. The number of alkyl halides is 3. The van der Waals surface area contributed by atoms with Gasteiger partial charge in [-0.05, 0) is 36.4 Å². The minimum Gasteiger partial charge on any atom is -0.496 e. The van der Waals surface area contributed by atoms with Crippen molar-refractivity contribution in [3.8, 4) is 17.0 Å². The first kappa shape index (κ1) is 17.5. The Labute approximate surface area is 145 Å². The summed E-state index contributed by atoms with van der Waals surface area (Å²) in [6.07, 6.45) is -4.43. The van der Waals surface area contributed by atoms with Crippen LogP contribution in [-0.2, 0) is 6.18 Å². The van der Waals surface area contributed by atoms with Crippen molar-refractivity contribution in [1.82, 2.24) is 10.2 Å². The summed E-state index contributed by atoms with van der Waals surface area (Å²) in [4.78, 5) is 12.0. The molecule has 1 aromatic heterocycles. The highest BCUT2D eigenvalue weighted by molar-refractivity contribution is 5.76. The van der Waals surface area contributed by atoms with Crippen LogP contribution in [0, 0.1) is 0 Å². The van der Waals surface area contributed by atoms with E-state index in [4.69, 9.17) is 4.74 Å². The normalized spacial score (nSPS) is 11.8. The van der Waals surface area contributed by atoms with Crippen molar-refractivity contribution in [2.24, 2.45) is 10.2 Å². The Kier molecular flexibility index (Phi) is 4.61. The molecule has 2 N–H and O–H groups in total. The predicted molar refractivity (Wildman–Crippen MR) is 89.0 cm³/mol. The first-order valence-corrected chi connectivity index (χ1v) is 7.43. The summed E-state index contributed by atoms with van der Waals surface area (Å²) in [5, 5.41) is 12.9. The van der Waals surface area contributed by atoms with Crippen molar-refractivity contribution in [3.05, 3.63) is 64.4 Å². The molecule has 0 atom stereocenters. The van der Waals surface area contributed by atoms with Gasteiger partial charge in [0.05, 0.1) is 24.1 Å². The zero-order valence-electron chi connectivity index (χ0n) is 13.5.